The molecule has 156 valence electrons. The van der Waals surface area contributed by atoms with E-state index in [-0.39, 0.29) is 6.03 Å². The summed E-state index contributed by atoms with van der Waals surface area (Å²) in [6.07, 6.45) is 1.82. The summed E-state index contributed by atoms with van der Waals surface area (Å²) in [5.74, 6) is 1.12. The van der Waals surface area contributed by atoms with Crippen LogP contribution in [0.25, 0.3) is 0 Å². The van der Waals surface area contributed by atoms with E-state index in [4.69, 9.17) is 0 Å². The number of nitrogens with zero attached hydrogens (tertiary/aromatic N) is 5. The van der Waals surface area contributed by atoms with Crippen LogP contribution in [0.15, 0.2) is 36.5 Å². The first-order chi connectivity index (χ1) is 13.8. The van der Waals surface area contributed by atoms with Gasteiger partial charge in [0.1, 0.15) is 0 Å². The number of aromatic nitrogens is 2. The van der Waals surface area contributed by atoms with Gasteiger partial charge in [-0.2, -0.15) is 0 Å². The molecule has 0 bridgehead atoms. The van der Waals surface area contributed by atoms with Crippen molar-refractivity contribution in [3.8, 4) is 0 Å². The van der Waals surface area contributed by atoms with Crippen LogP contribution in [-0.4, -0.2) is 60.2 Å². The number of benzene rings is 1. The highest BCUT2D eigenvalue weighted by molar-refractivity contribution is 5.90. The summed E-state index contributed by atoms with van der Waals surface area (Å²) < 4.78 is 0. The average Bonchev–Trinajstić information content (AvgIpc) is 2.73. The highest BCUT2D eigenvalue weighted by Gasteiger charge is 2.23. The first-order valence-corrected chi connectivity index (χ1v) is 10.3. The Hall–Kier alpha value is -2.83. The minimum absolute atomic E-state index is 0.0640. The van der Waals surface area contributed by atoms with Gasteiger partial charge in [0.15, 0.2) is 0 Å². The maximum atomic E-state index is 12.7. The second-order valence-electron chi connectivity index (χ2n) is 8.10. The van der Waals surface area contributed by atoms with Gasteiger partial charge in [-0.05, 0) is 44.0 Å². The van der Waals surface area contributed by atoms with Gasteiger partial charge >= 0.3 is 6.03 Å². The predicted molar refractivity (Wildman–Crippen MR) is 119 cm³/mol. The molecule has 1 saturated heterocycles. The van der Waals surface area contributed by atoms with Crippen molar-refractivity contribution in [2.75, 3.05) is 48.3 Å². The fourth-order valence-corrected chi connectivity index (χ4v) is 3.25. The monoisotopic (exact) mass is 396 g/mol. The predicted octanol–water partition coefficient (Wildman–Crippen LogP) is 3.80. The number of carbonyl (C=O) groups excluding carboxylic acids is 1. The van der Waals surface area contributed by atoms with Gasteiger partial charge in [0.05, 0.1) is 0 Å². The van der Waals surface area contributed by atoms with Crippen molar-refractivity contribution < 1.29 is 4.79 Å². The zero-order valence-electron chi connectivity index (χ0n) is 18.1. The van der Waals surface area contributed by atoms with Gasteiger partial charge in [-0.15, -0.1) is 0 Å². The summed E-state index contributed by atoms with van der Waals surface area (Å²) in [6.45, 7) is 11.3. The summed E-state index contributed by atoms with van der Waals surface area (Å²) >= 11 is 0. The molecule has 1 N–H and O–H groups in total. The maximum Gasteiger partial charge on any atom is 0.321 e. The number of nitrogens with one attached hydrogen (secondary N) is 1. The van der Waals surface area contributed by atoms with E-state index in [0.29, 0.717) is 25.0 Å². The number of hydrogen-bond donors (Lipinski definition) is 1. The largest absolute Gasteiger partial charge is 0.372 e. The van der Waals surface area contributed by atoms with Crippen LogP contribution < -0.4 is 15.1 Å². The zero-order chi connectivity index (χ0) is 21.0. The van der Waals surface area contributed by atoms with Crippen molar-refractivity contribution in [2.45, 2.75) is 39.7 Å². The van der Waals surface area contributed by atoms with E-state index >= 15 is 0 Å². The van der Waals surface area contributed by atoms with Crippen LogP contribution in [0.1, 0.15) is 39.3 Å². The molecule has 3 rings (SSSR count). The molecule has 1 fully saturated rings. The Morgan fingerprint density at radius 2 is 1.83 bits per heavy atom. The smallest absolute Gasteiger partial charge is 0.321 e. The van der Waals surface area contributed by atoms with Gasteiger partial charge in [0.25, 0.3) is 0 Å². The number of piperazine rings is 1. The third-order valence-electron chi connectivity index (χ3n) is 5.38. The first-order valence-electron chi connectivity index (χ1n) is 10.3. The lowest BCUT2D eigenvalue weighted by Crippen LogP contribution is -2.50. The summed E-state index contributed by atoms with van der Waals surface area (Å²) in [6, 6.07) is 10.3. The summed E-state index contributed by atoms with van der Waals surface area (Å²) in [4.78, 5) is 28.0. The number of anilines is 3. The third kappa shape index (κ3) is 5.16. The molecule has 0 radical (unpaired) electrons. The highest BCUT2D eigenvalue weighted by atomic mass is 16.2. The molecule has 0 unspecified atom stereocenters. The minimum atomic E-state index is -0.0640. The van der Waals surface area contributed by atoms with E-state index in [1.54, 1.807) is 0 Å². The molecule has 2 heterocycles. The van der Waals surface area contributed by atoms with Gasteiger partial charge in [-0.1, -0.05) is 19.9 Å². The van der Waals surface area contributed by atoms with Crippen molar-refractivity contribution in [1.82, 2.24) is 14.9 Å². The van der Waals surface area contributed by atoms with Crippen molar-refractivity contribution in [1.29, 1.82) is 0 Å². The van der Waals surface area contributed by atoms with Crippen molar-refractivity contribution in [3.63, 3.8) is 0 Å². The molecule has 0 saturated carbocycles. The van der Waals surface area contributed by atoms with Gasteiger partial charge < -0.3 is 20.0 Å². The lowest BCUT2D eigenvalue weighted by atomic mass is 10.1. The van der Waals surface area contributed by atoms with Crippen LogP contribution in [0, 0.1) is 0 Å². The van der Waals surface area contributed by atoms with Crippen LogP contribution >= 0.6 is 0 Å². The topological polar surface area (TPSA) is 64.6 Å². The Labute approximate surface area is 173 Å². The number of urea groups is 1. The SMILES string of the molecule is CC(C)c1ccnc(N2CCN(C(=O)Nc3cccc(N(C)C(C)C)c3)CC2)n1. The standard InChI is InChI=1S/C22H32N6O/c1-16(2)20-9-10-23-21(25-20)27-11-13-28(14-12-27)22(29)24-18-7-6-8-19(15-18)26(5)17(3)4/h6-10,15-17H,11-14H2,1-5H3,(H,24,29). The van der Waals surface area contributed by atoms with E-state index in [1.165, 1.54) is 0 Å². The lowest BCUT2D eigenvalue weighted by molar-refractivity contribution is 0.208. The van der Waals surface area contributed by atoms with Crippen molar-refractivity contribution in [3.05, 3.63) is 42.2 Å². The van der Waals surface area contributed by atoms with Gasteiger partial charge in [0, 0.05) is 62.5 Å². The lowest BCUT2D eigenvalue weighted by Gasteiger charge is -2.35. The Kier molecular flexibility index (Phi) is 6.56. The Morgan fingerprint density at radius 1 is 1.10 bits per heavy atom. The van der Waals surface area contributed by atoms with Crippen molar-refractivity contribution in [2.24, 2.45) is 0 Å². The summed E-state index contributed by atoms with van der Waals surface area (Å²) in [7, 11) is 2.06. The fraction of sp³-hybridized carbons (Fsp3) is 0.500. The van der Waals surface area contributed by atoms with E-state index < -0.39 is 0 Å². The van der Waals surface area contributed by atoms with Crippen LogP contribution in [0.3, 0.4) is 0 Å². The molecule has 29 heavy (non-hydrogen) atoms. The number of carbonyl (C=O) groups is 1. The molecule has 0 spiro atoms. The average molecular weight is 397 g/mol. The number of rotatable bonds is 5. The van der Waals surface area contributed by atoms with Gasteiger partial charge in [-0.3, -0.25) is 0 Å². The van der Waals surface area contributed by atoms with Crippen LogP contribution in [0.2, 0.25) is 0 Å². The normalized spacial score (nSPS) is 14.4. The van der Waals surface area contributed by atoms with E-state index in [9.17, 15) is 4.79 Å². The second kappa shape index (κ2) is 9.11. The molecule has 1 aromatic heterocycles. The summed E-state index contributed by atoms with van der Waals surface area (Å²) in [5, 5.41) is 3.04. The second-order valence-corrected chi connectivity index (χ2v) is 8.10. The molecular formula is C22H32N6O. The minimum Gasteiger partial charge on any atom is -0.372 e. The van der Waals surface area contributed by atoms with E-state index in [0.717, 1.165) is 36.1 Å². The van der Waals surface area contributed by atoms with E-state index in [2.05, 4.69) is 65.9 Å². The molecule has 1 aliphatic rings. The Morgan fingerprint density at radius 3 is 2.48 bits per heavy atom. The van der Waals surface area contributed by atoms with Crippen LogP contribution in [-0.2, 0) is 0 Å². The first kappa shape index (κ1) is 20.9. The molecule has 2 aromatic rings. The Balaban J connectivity index is 1.58. The molecule has 2 amide bonds. The maximum absolute atomic E-state index is 12.7. The molecule has 7 nitrogen and oxygen atoms in total. The quantitative estimate of drug-likeness (QED) is 0.833. The molecular weight excluding hydrogens is 364 g/mol. The fourth-order valence-electron chi connectivity index (χ4n) is 3.25. The highest BCUT2D eigenvalue weighted by Crippen LogP contribution is 2.21. The number of hydrogen-bond acceptors (Lipinski definition) is 5. The number of amides is 2. The molecule has 1 aromatic carbocycles. The van der Waals surface area contributed by atoms with E-state index in [1.807, 2.05) is 35.4 Å². The van der Waals surface area contributed by atoms with Crippen LogP contribution in [0.5, 0.6) is 0 Å². The molecule has 7 heteroatoms. The molecule has 0 atom stereocenters. The van der Waals surface area contributed by atoms with Crippen molar-refractivity contribution >= 4 is 23.4 Å². The van der Waals surface area contributed by atoms with Crippen LogP contribution in [0.4, 0.5) is 22.1 Å². The third-order valence-corrected chi connectivity index (χ3v) is 5.38. The molecule has 1 aliphatic heterocycles. The molecule has 0 aliphatic carbocycles. The Bertz CT molecular complexity index is 830. The van der Waals surface area contributed by atoms with Gasteiger partial charge in [0.2, 0.25) is 5.95 Å². The zero-order valence-corrected chi connectivity index (χ0v) is 18.1. The van der Waals surface area contributed by atoms with Gasteiger partial charge in [-0.25, -0.2) is 14.8 Å². The summed E-state index contributed by atoms with van der Waals surface area (Å²) in [5.41, 5.74) is 2.95.